The molecule has 8 nitrogen and oxygen atoms in total. The average molecular weight is 513 g/mol. The Bertz CT molecular complexity index is 1310. The molecular formula is C30H28N2O6. The van der Waals surface area contributed by atoms with Crippen LogP contribution in [-0.2, 0) is 15.1 Å². The molecule has 0 unspecified atom stereocenters. The molecule has 2 atom stereocenters. The molecule has 8 heteroatoms. The first kappa shape index (κ1) is 25.4. The van der Waals surface area contributed by atoms with Crippen LogP contribution in [0.1, 0.15) is 45.7 Å². The predicted molar refractivity (Wildman–Crippen MR) is 138 cm³/mol. The summed E-state index contributed by atoms with van der Waals surface area (Å²) >= 11 is 0. The second-order valence-corrected chi connectivity index (χ2v) is 9.88. The van der Waals surface area contributed by atoms with E-state index in [1.54, 1.807) is 24.3 Å². The smallest absolute Gasteiger partial charge is 0.418 e. The molecule has 3 aromatic carbocycles. The second-order valence-electron chi connectivity index (χ2n) is 9.88. The Kier molecular flexibility index (Phi) is 6.59. The van der Waals surface area contributed by atoms with Crippen molar-refractivity contribution in [1.82, 2.24) is 9.80 Å². The first-order chi connectivity index (χ1) is 18.3. The largest absolute Gasteiger partial charge is 0.430 e. The molecular weight excluding hydrogens is 484 g/mol. The highest BCUT2D eigenvalue weighted by atomic mass is 16.6. The van der Waals surface area contributed by atoms with Crippen molar-refractivity contribution in [2.24, 2.45) is 11.8 Å². The van der Waals surface area contributed by atoms with Crippen LogP contribution in [0.25, 0.3) is 0 Å². The van der Waals surface area contributed by atoms with E-state index in [0.717, 1.165) is 9.80 Å². The third kappa shape index (κ3) is 3.88. The number of hydrogen-bond acceptors (Lipinski definition) is 6. The number of fused-ring (bicyclic) bond motifs is 1. The molecule has 38 heavy (non-hydrogen) atoms. The molecule has 2 heterocycles. The molecule has 0 aromatic heterocycles. The second kappa shape index (κ2) is 9.87. The lowest BCUT2D eigenvalue weighted by atomic mass is 9.75. The van der Waals surface area contributed by atoms with Crippen molar-refractivity contribution in [1.29, 1.82) is 0 Å². The van der Waals surface area contributed by atoms with Crippen LogP contribution < -0.4 is 0 Å². The number of cyclic esters (lactones) is 1. The molecule has 0 aliphatic carbocycles. The summed E-state index contributed by atoms with van der Waals surface area (Å²) in [6.07, 6.45) is -0.845. The topological polar surface area (TPSA) is 104 Å². The van der Waals surface area contributed by atoms with Gasteiger partial charge in [0.15, 0.2) is 5.60 Å². The van der Waals surface area contributed by atoms with Gasteiger partial charge in [0.2, 0.25) is 5.91 Å². The summed E-state index contributed by atoms with van der Waals surface area (Å²) in [5.74, 6) is -3.24. The van der Waals surface area contributed by atoms with Crippen LogP contribution in [0, 0.1) is 11.8 Å². The lowest BCUT2D eigenvalue weighted by Crippen LogP contribution is -2.53. The minimum Gasteiger partial charge on any atom is -0.430 e. The molecule has 1 saturated heterocycles. The first-order valence-electron chi connectivity index (χ1n) is 12.5. The summed E-state index contributed by atoms with van der Waals surface area (Å²) in [6, 6.07) is 24.1. The predicted octanol–water partition coefficient (Wildman–Crippen LogP) is 3.84. The maximum Gasteiger partial charge on any atom is 0.418 e. The molecule has 5 rings (SSSR count). The Morgan fingerprint density at radius 3 is 1.76 bits per heavy atom. The van der Waals surface area contributed by atoms with Gasteiger partial charge in [-0.3, -0.25) is 19.3 Å². The first-order valence-corrected chi connectivity index (χ1v) is 12.5. The average Bonchev–Trinajstić information content (AvgIpc) is 3.39. The van der Waals surface area contributed by atoms with Gasteiger partial charge in [-0.1, -0.05) is 86.6 Å². The van der Waals surface area contributed by atoms with Gasteiger partial charge in [0.05, 0.1) is 29.7 Å². The van der Waals surface area contributed by atoms with Crippen LogP contribution in [0.2, 0.25) is 0 Å². The minimum absolute atomic E-state index is 0.245. The minimum atomic E-state index is -1.29. The van der Waals surface area contributed by atoms with Crippen molar-refractivity contribution in [3.8, 4) is 0 Å². The fraction of sp³-hybridized carbons (Fsp3) is 0.267. The van der Waals surface area contributed by atoms with Gasteiger partial charge in [0.1, 0.15) is 0 Å². The van der Waals surface area contributed by atoms with E-state index in [0.29, 0.717) is 11.1 Å². The van der Waals surface area contributed by atoms with Crippen LogP contribution in [0.5, 0.6) is 0 Å². The van der Waals surface area contributed by atoms with Crippen LogP contribution in [0.15, 0.2) is 84.9 Å². The number of nitrogens with zero attached hydrogens (tertiary/aromatic N) is 2. The molecule has 3 aromatic rings. The molecule has 0 spiro atoms. The number of amides is 4. The lowest BCUT2D eigenvalue weighted by Gasteiger charge is -2.38. The van der Waals surface area contributed by atoms with Gasteiger partial charge in [0, 0.05) is 17.7 Å². The lowest BCUT2D eigenvalue weighted by molar-refractivity contribution is -0.136. The van der Waals surface area contributed by atoms with Gasteiger partial charge in [-0.2, -0.15) is 0 Å². The van der Waals surface area contributed by atoms with E-state index in [1.807, 2.05) is 74.5 Å². The summed E-state index contributed by atoms with van der Waals surface area (Å²) in [6.45, 7) is 2.77. The fourth-order valence-corrected chi connectivity index (χ4v) is 5.57. The van der Waals surface area contributed by atoms with Gasteiger partial charge in [-0.15, -0.1) is 0 Å². The Morgan fingerprint density at radius 1 is 0.842 bits per heavy atom. The van der Waals surface area contributed by atoms with Crippen LogP contribution >= 0.6 is 0 Å². The third-order valence-corrected chi connectivity index (χ3v) is 7.26. The Balaban J connectivity index is 1.53. The monoisotopic (exact) mass is 512 g/mol. The Morgan fingerprint density at radius 2 is 1.32 bits per heavy atom. The highest BCUT2D eigenvalue weighted by molar-refractivity contribution is 6.21. The van der Waals surface area contributed by atoms with Crippen molar-refractivity contribution in [2.75, 3.05) is 13.2 Å². The van der Waals surface area contributed by atoms with Crippen molar-refractivity contribution in [3.05, 3.63) is 107 Å². The summed E-state index contributed by atoms with van der Waals surface area (Å²) < 4.78 is 6.12. The number of carbonyl (C=O) groups excluding carboxylic acids is 4. The van der Waals surface area contributed by atoms with Gasteiger partial charge in [0.25, 0.3) is 11.8 Å². The summed E-state index contributed by atoms with van der Waals surface area (Å²) in [4.78, 5) is 55.3. The van der Waals surface area contributed by atoms with Crippen LogP contribution in [0.3, 0.4) is 0 Å². The quantitative estimate of drug-likeness (QED) is 0.483. The Hall–Kier alpha value is -4.30. The number of aliphatic hydroxyl groups is 1. The maximum absolute atomic E-state index is 13.9. The molecule has 2 aliphatic rings. The van der Waals surface area contributed by atoms with Crippen LogP contribution in [-0.4, -0.2) is 57.9 Å². The highest BCUT2D eigenvalue weighted by Gasteiger charge is 2.60. The third-order valence-electron chi connectivity index (χ3n) is 7.26. The molecule has 0 saturated carbocycles. The van der Waals surface area contributed by atoms with Gasteiger partial charge in [-0.05, 0) is 18.1 Å². The Labute approximate surface area is 220 Å². The number of imide groups is 2. The number of ether oxygens (including phenoxy) is 1. The SMILES string of the molecule is CC(C)[C@@H]1N(C(=O)[C@@H](CO)CN2C(=O)c3ccccc3C2=O)C(=O)OC1(c1ccccc1)c1ccccc1. The van der Waals surface area contributed by atoms with E-state index in [-0.39, 0.29) is 23.6 Å². The molecule has 1 N–H and O–H groups in total. The number of aliphatic hydroxyl groups excluding tert-OH is 1. The molecule has 194 valence electrons. The van der Waals surface area contributed by atoms with Gasteiger partial charge < -0.3 is 9.84 Å². The zero-order chi connectivity index (χ0) is 27.0. The maximum atomic E-state index is 13.9. The van der Waals surface area contributed by atoms with Crippen molar-refractivity contribution < 1.29 is 29.0 Å². The van der Waals surface area contributed by atoms with E-state index in [4.69, 9.17) is 4.74 Å². The van der Waals surface area contributed by atoms with Crippen molar-refractivity contribution in [2.45, 2.75) is 25.5 Å². The number of carbonyl (C=O) groups is 4. The highest BCUT2D eigenvalue weighted by Crippen LogP contribution is 2.47. The fourth-order valence-electron chi connectivity index (χ4n) is 5.57. The standard InChI is InChI=1S/C30H28N2O6/c1-19(2)25-30(21-11-5-3-6-12-21,22-13-7-4-8-14-22)38-29(37)32(25)26(34)20(18-33)17-31-27(35)23-15-9-10-16-24(23)28(31)36/h3-16,19-20,25,33H,17-18H2,1-2H3/t20-,25+/m1/s1. The van der Waals surface area contributed by atoms with Gasteiger partial charge in [-0.25, -0.2) is 9.69 Å². The molecule has 1 fully saturated rings. The van der Waals surface area contributed by atoms with Crippen molar-refractivity contribution in [3.63, 3.8) is 0 Å². The number of hydrogen-bond donors (Lipinski definition) is 1. The van der Waals surface area contributed by atoms with E-state index >= 15 is 0 Å². The van der Waals surface area contributed by atoms with E-state index < -0.39 is 48.0 Å². The number of rotatable bonds is 7. The van der Waals surface area contributed by atoms with Gasteiger partial charge >= 0.3 is 6.09 Å². The zero-order valence-electron chi connectivity index (χ0n) is 21.1. The molecule has 4 amide bonds. The van der Waals surface area contributed by atoms with E-state index in [1.165, 1.54) is 0 Å². The normalized spacial score (nSPS) is 19.1. The summed E-state index contributed by atoms with van der Waals surface area (Å²) in [5.41, 5.74) is 0.603. The van der Waals surface area contributed by atoms with Crippen molar-refractivity contribution >= 4 is 23.8 Å². The van der Waals surface area contributed by atoms with E-state index in [9.17, 15) is 24.3 Å². The molecule has 0 bridgehead atoms. The number of benzene rings is 3. The molecule has 0 radical (unpaired) electrons. The summed E-state index contributed by atoms with van der Waals surface area (Å²) in [5, 5.41) is 10.2. The van der Waals surface area contributed by atoms with Crippen LogP contribution in [0.4, 0.5) is 4.79 Å². The zero-order valence-corrected chi connectivity index (χ0v) is 21.1. The van der Waals surface area contributed by atoms with E-state index in [2.05, 4.69) is 0 Å². The molecule has 2 aliphatic heterocycles. The summed E-state index contributed by atoms with van der Waals surface area (Å²) in [7, 11) is 0.